The third-order valence-electron chi connectivity index (χ3n) is 4.53. The maximum atomic E-state index is 5.88. The number of benzene rings is 3. The lowest BCUT2D eigenvalue weighted by molar-refractivity contribution is 0.649. The van der Waals surface area contributed by atoms with Gasteiger partial charge in [0, 0.05) is 6.42 Å². The van der Waals surface area contributed by atoms with Crippen molar-refractivity contribution in [3.63, 3.8) is 0 Å². The van der Waals surface area contributed by atoms with E-state index in [4.69, 9.17) is 10.7 Å². The summed E-state index contributed by atoms with van der Waals surface area (Å²) in [6.07, 6.45) is 0.755. The van der Waals surface area contributed by atoms with E-state index in [2.05, 4.69) is 83.4 Å². The van der Waals surface area contributed by atoms with Crippen LogP contribution in [-0.2, 0) is 6.42 Å². The molecule has 0 aliphatic heterocycles. The van der Waals surface area contributed by atoms with Crippen molar-refractivity contribution in [2.45, 2.75) is 12.5 Å². The minimum atomic E-state index is 0.0800. The molecule has 25 heavy (non-hydrogen) atoms. The van der Waals surface area contributed by atoms with Crippen LogP contribution in [0.2, 0.25) is 0 Å². The van der Waals surface area contributed by atoms with Crippen molar-refractivity contribution in [2.75, 3.05) is 6.54 Å². The first kappa shape index (κ1) is 15.6. The second kappa shape index (κ2) is 6.91. The highest BCUT2D eigenvalue weighted by atomic mass is 15.1. The SMILES string of the molecule is NCCc1nc2ccccc2n1C(c1ccccc1)c1ccccc1. The number of aromatic nitrogens is 2. The summed E-state index contributed by atoms with van der Waals surface area (Å²) >= 11 is 0. The predicted molar refractivity (Wildman–Crippen MR) is 103 cm³/mol. The van der Waals surface area contributed by atoms with Crippen LogP contribution in [0.1, 0.15) is 23.0 Å². The van der Waals surface area contributed by atoms with Gasteiger partial charge in [-0.05, 0) is 29.8 Å². The Morgan fingerprint density at radius 1 is 0.760 bits per heavy atom. The zero-order valence-corrected chi connectivity index (χ0v) is 14.0. The Labute approximate surface area is 147 Å². The van der Waals surface area contributed by atoms with Gasteiger partial charge in [0.15, 0.2) is 0 Å². The van der Waals surface area contributed by atoms with Crippen molar-refractivity contribution in [3.8, 4) is 0 Å². The first-order valence-electron chi connectivity index (χ1n) is 8.64. The number of hydrogen-bond donors (Lipinski definition) is 1. The molecule has 0 radical (unpaired) electrons. The first-order chi connectivity index (χ1) is 12.4. The molecule has 0 spiro atoms. The molecule has 3 nitrogen and oxygen atoms in total. The van der Waals surface area contributed by atoms with E-state index in [1.165, 1.54) is 11.1 Å². The molecule has 0 saturated carbocycles. The van der Waals surface area contributed by atoms with Gasteiger partial charge in [-0.2, -0.15) is 0 Å². The Bertz CT molecular complexity index is 919. The van der Waals surface area contributed by atoms with Gasteiger partial charge in [0.25, 0.3) is 0 Å². The normalized spacial score (nSPS) is 11.3. The van der Waals surface area contributed by atoms with Crippen molar-refractivity contribution in [1.29, 1.82) is 0 Å². The highest BCUT2D eigenvalue weighted by Gasteiger charge is 2.21. The molecule has 1 heterocycles. The number of hydrogen-bond acceptors (Lipinski definition) is 2. The second-order valence-corrected chi connectivity index (χ2v) is 6.15. The highest BCUT2D eigenvalue weighted by molar-refractivity contribution is 5.76. The molecule has 0 aliphatic carbocycles. The Hall–Kier alpha value is -2.91. The van der Waals surface area contributed by atoms with Gasteiger partial charge in [-0.25, -0.2) is 4.98 Å². The Kier molecular flexibility index (Phi) is 4.32. The third-order valence-corrected chi connectivity index (χ3v) is 4.53. The van der Waals surface area contributed by atoms with E-state index in [0.717, 1.165) is 23.3 Å². The highest BCUT2D eigenvalue weighted by Crippen LogP contribution is 2.31. The van der Waals surface area contributed by atoms with Crippen LogP contribution in [0.15, 0.2) is 84.9 Å². The van der Waals surface area contributed by atoms with E-state index in [1.807, 2.05) is 6.07 Å². The van der Waals surface area contributed by atoms with Gasteiger partial charge < -0.3 is 10.3 Å². The van der Waals surface area contributed by atoms with Gasteiger partial charge in [-0.3, -0.25) is 0 Å². The van der Waals surface area contributed by atoms with Crippen molar-refractivity contribution in [2.24, 2.45) is 5.73 Å². The quantitative estimate of drug-likeness (QED) is 0.598. The lowest BCUT2D eigenvalue weighted by atomic mass is 9.98. The molecule has 3 heteroatoms. The maximum Gasteiger partial charge on any atom is 0.111 e. The van der Waals surface area contributed by atoms with Crippen molar-refractivity contribution < 1.29 is 0 Å². The molecule has 0 aliphatic rings. The van der Waals surface area contributed by atoms with Crippen LogP contribution in [0.25, 0.3) is 11.0 Å². The summed E-state index contributed by atoms with van der Waals surface area (Å²) in [6.45, 7) is 0.583. The minimum absolute atomic E-state index is 0.0800. The topological polar surface area (TPSA) is 43.8 Å². The van der Waals surface area contributed by atoms with E-state index in [0.29, 0.717) is 6.54 Å². The number of imidazole rings is 1. The zero-order valence-electron chi connectivity index (χ0n) is 14.0. The van der Waals surface area contributed by atoms with E-state index >= 15 is 0 Å². The molecule has 3 aromatic carbocycles. The average Bonchev–Trinajstić information content (AvgIpc) is 3.02. The molecule has 0 amide bonds. The molecular weight excluding hydrogens is 306 g/mol. The fourth-order valence-electron chi connectivity index (χ4n) is 3.45. The molecule has 0 unspecified atom stereocenters. The molecule has 0 saturated heterocycles. The van der Waals surface area contributed by atoms with Gasteiger partial charge >= 0.3 is 0 Å². The minimum Gasteiger partial charge on any atom is -0.330 e. The van der Waals surface area contributed by atoms with Crippen molar-refractivity contribution >= 4 is 11.0 Å². The molecule has 0 fully saturated rings. The number of fused-ring (bicyclic) bond motifs is 1. The maximum absolute atomic E-state index is 5.88. The molecule has 4 rings (SSSR count). The number of nitrogens with zero attached hydrogens (tertiary/aromatic N) is 2. The summed E-state index contributed by atoms with van der Waals surface area (Å²) in [4.78, 5) is 4.86. The van der Waals surface area contributed by atoms with Crippen LogP contribution < -0.4 is 5.73 Å². The standard InChI is InChI=1S/C22H21N3/c23-16-15-21-24-19-13-7-8-14-20(19)25(21)22(17-9-3-1-4-10-17)18-11-5-2-6-12-18/h1-14,22H,15-16,23H2. The smallest absolute Gasteiger partial charge is 0.111 e. The van der Waals surface area contributed by atoms with Gasteiger partial charge in [0.1, 0.15) is 5.82 Å². The number of rotatable bonds is 5. The van der Waals surface area contributed by atoms with Crippen LogP contribution in [0.4, 0.5) is 0 Å². The molecule has 1 aromatic heterocycles. The van der Waals surface area contributed by atoms with E-state index < -0.39 is 0 Å². The van der Waals surface area contributed by atoms with E-state index in [-0.39, 0.29) is 6.04 Å². The summed E-state index contributed by atoms with van der Waals surface area (Å²) in [5, 5.41) is 0. The van der Waals surface area contributed by atoms with Gasteiger partial charge in [-0.1, -0.05) is 72.8 Å². The van der Waals surface area contributed by atoms with Crippen molar-refractivity contribution in [1.82, 2.24) is 9.55 Å². The Morgan fingerprint density at radius 2 is 1.32 bits per heavy atom. The molecule has 4 aromatic rings. The van der Waals surface area contributed by atoms with Crippen LogP contribution in [0, 0.1) is 0 Å². The summed E-state index contributed by atoms with van der Waals surface area (Å²) < 4.78 is 2.34. The molecule has 0 atom stereocenters. The predicted octanol–water partition coefficient (Wildman–Crippen LogP) is 4.18. The fraction of sp³-hybridized carbons (Fsp3) is 0.136. The average molecular weight is 327 g/mol. The summed E-state index contributed by atoms with van der Waals surface area (Å²) in [6, 6.07) is 29.6. The fourth-order valence-corrected chi connectivity index (χ4v) is 3.45. The van der Waals surface area contributed by atoms with Crippen LogP contribution in [0.5, 0.6) is 0 Å². The van der Waals surface area contributed by atoms with Gasteiger partial charge in [0.05, 0.1) is 17.1 Å². The second-order valence-electron chi connectivity index (χ2n) is 6.15. The molecule has 2 N–H and O–H groups in total. The Morgan fingerprint density at radius 3 is 1.92 bits per heavy atom. The molecule has 0 bridgehead atoms. The summed E-state index contributed by atoms with van der Waals surface area (Å²) in [7, 11) is 0. The number of para-hydroxylation sites is 2. The van der Waals surface area contributed by atoms with E-state index in [9.17, 15) is 0 Å². The van der Waals surface area contributed by atoms with Gasteiger partial charge in [-0.15, -0.1) is 0 Å². The van der Waals surface area contributed by atoms with E-state index in [1.54, 1.807) is 0 Å². The summed E-state index contributed by atoms with van der Waals surface area (Å²) in [5.74, 6) is 1.03. The zero-order chi connectivity index (χ0) is 17.1. The lowest BCUT2D eigenvalue weighted by Gasteiger charge is -2.23. The monoisotopic (exact) mass is 327 g/mol. The third kappa shape index (κ3) is 2.94. The largest absolute Gasteiger partial charge is 0.330 e. The molecular formula is C22H21N3. The Balaban J connectivity index is 2.00. The molecule has 124 valence electrons. The van der Waals surface area contributed by atoms with Gasteiger partial charge in [0.2, 0.25) is 0 Å². The van der Waals surface area contributed by atoms with Crippen molar-refractivity contribution in [3.05, 3.63) is 102 Å². The first-order valence-corrected chi connectivity index (χ1v) is 8.64. The lowest BCUT2D eigenvalue weighted by Crippen LogP contribution is -2.17. The summed E-state index contributed by atoms with van der Waals surface area (Å²) in [5.41, 5.74) is 10.5. The van der Waals surface area contributed by atoms with Crippen LogP contribution in [0.3, 0.4) is 0 Å². The number of nitrogens with two attached hydrogens (primary N) is 1. The van der Waals surface area contributed by atoms with Crippen LogP contribution >= 0.6 is 0 Å². The van der Waals surface area contributed by atoms with Crippen LogP contribution in [-0.4, -0.2) is 16.1 Å².